The maximum absolute atomic E-state index is 4.42. The molecule has 1 N–H and O–H groups in total. The molecule has 0 saturated carbocycles. The number of hydrogen-bond acceptors (Lipinski definition) is 2. The Labute approximate surface area is 137 Å². The van der Waals surface area contributed by atoms with Gasteiger partial charge >= 0.3 is 0 Å². The van der Waals surface area contributed by atoms with E-state index in [2.05, 4.69) is 52.9 Å². The highest BCUT2D eigenvalue weighted by atomic mass is 15.0. The quantitative estimate of drug-likeness (QED) is 0.871. The fraction of sp³-hybridized carbons (Fsp3) is 0.381. The van der Waals surface area contributed by atoms with Crippen LogP contribution in [0.3, 0.4) is 0 Å². The molecule has 2 heteroatoms. The Balaban J connectivity index is 1.57. The lowest BCUT2D eigenvalue weighted by molar-refractivity contribution is 0.370. The van der Waals surface area contributed by atoms with Gasteiger partial charge in [-0.1, -0.05) is 35.9 Å². The third-order valence-corrected chi connectivity index (χ3v) is 6.02. The van der Waals surface area contributed by atoms with Gasteiger partial charge in [-0.15, -0.1) is 0 Å². The summed E-state index contributed by atoms with van der Waals surface area (Å²) in [4.78, 5) is 4.42. The fourth-order valence-corrected chi connectivity index (χ4v) is 4.96. The van der Waals surface area contributed by atoms with E-state index in [4.69, 9.17) is 0 Å². The molecule has 3 heterocycles. The molecule has 3 unspecified atom stereocenters. The van der Waals surface area contributed by atoms with Gasteiger partial charge in [0.15, 0.2) is 0 Å². The highest BCUT2D eigenvalue weighted by Crippen LogP contribution is 2.49. The molecule has 2 nitrogen and oxygen atoms in total. The van der Waals surface area contributed by atoms with E-state index in [0.717, 1.165) is 6.42 Å². The smallest absolute Gasteiger partial charge is 0.0412 e. The molecular weight excluding hydrogens is 280 g/mol. The van der Waals surface area contributed by atoms with Crippen molar-refractivity contribution in [3.63, 3.8) is 0 Å². The molecule has 0 radical (unpaired) electrons. The van der Waals surface area contributed by atoms with Crippen LogP contribution >= 0.6 is 0 Å². The third-order valence-electron chi connectivity index (χ3n) is 6.02. The minimum Gasteiger partial charge on any atom is -0.381 e. The van der Waals surface area contributed by atoms with Crippen molar-refractivity contribution >= 4 is 6.21 Å². The molecule has 3 aliphatic heterocycles. The molecule has 1 aliphatic carbocycles. The van der Waals surface area contributed by atoms with Crippen LogP contribution in [0.25, 0.3) is 0 Å². The van der Waals surface area contributed by atoms with E-state index in [1.54, 1.807) is 11.1 Å². The molecule has 116 valence electrons. The van der Waals surface area contributed by atoms with Gasteiger partial charge in [-0.05, 0) is 60.8 Å². The maximum Gasteiger partial charge on any atom is 0.0412 e. The Morgan fingerprint density at radius 2 is 1.96 bits per heavy atom. The molecule has 4 aliphatic rings. The van der Waals surface area contributed by atoms with Crippen LogP contribution in [-0.4, -0.2) is 12.3 Å². The molecular formula is C21H22N2. The van der Waals surface area contributed by atoms with Crippen LogP contribution in [0.15, 0.2) is 70.0 Å². The van der Waals surface area contributed by atoms with E-state index in [1.807, 2.05) is 6.20 Å². The molecule has 1 aromatic carbocycles. The number of aliphatic imine (C=N–C) groups is 1. The molecule has 3 atom stereocenters. The number of benzene rings is 1. The fourth-order valence-electron chi connectivity index (χ4n) is 4.96. The van der Waals surface area contributed by atoms with Gasteiger partial charge in [0.1, 0.15) is 0 Å². The van der Waals surface area contributed by atoms with Gasteiger partial charge in [-0.3, -0.25) is 4.99 Å². The van der Waals surface area contributed by atoms with Crippen LogP contribution < -0.4 is 5.32 Å². The lowest BCUT2D eigenvalue weighted by Gasteiger charge is -2.32. The number of hydrogen-bond donors (Lipinski definition) is 1. The number of rotatable bonds is 2. The van der Waals surface area contributed by atoms with Crippen LogP contribution in [0.2, 0.25) is 0 Å². The summed E-state index contributed by atoms with van der Waals surface area (Å²) in [7, 11) is 0. The van der Waals surface area contributed by atoms with Gasteiger partial charge in [0.25, 0.3) is 0 Å². The molecule has 0 fully saturated rings. The molecule has 1 aromatic rings. The van der Waals surface area contributed by atoms with Gasteiger partial charge in [0, 0.05) is 30.1 Å². The first-order valence-electron chi connectivity index (χ1n) is 8.85. The minimum atomic E-state index is 0.595. The lowest BCUT2D eigenvalue weighted by atomic mass is 9.71. The summed E-state index contributed by atoms with van der Waals surface area (Å²) >= 11 is 0. The summed E-state index contributed by atoms with van der Waals surface area (Å²) in [6, 6.07) is 11.6. The van der Waals surface area contributed by atoms with Crippen molar-refractivity contribution < 1.29 is 0 Å². The van der Waals surface area contributed by atoms with Crippen LogP contribution in [0.5, 0.6) is 0 Å². The summed E-state index contributed by atoms with van der Waals surface area (Å²) in [5.74, 6) is 1.34. The highest BCUT2D eigenvalue weighted by molar-refractivity contribution is 5.63. The average molecular weight is 302 g/mol. The monoisotopic (exact) mass is 302 g/mol. The van der Waals surface area contributed by atoms with Crippen molar-refractivity contribution in [2.45, 2.75) is 38.1 Å². The van der Waals surface area contributed by atoms with E-state index in [0.29, 0.717) is 17.9 Å². The standard InChI is InChI=1S/C21H22N2/c1-2-4-14(5-3-1)12-19-17-7-6-16-15-8-10-22-11-9-18(16)21(17)23-20(19)13-15/h1-5,9-11,15,19-20,23H,6-8,12-13H2. The predicted octanol–water partition coefficient (Wildman–Crippen LogP) is 4.17. The molecule has 23 heavy (non-hydrogen) atoms. The first kappa shape index (κ1) is 13.4. The molecule has 0 spiro atoms. The molecule has 5 rings (SSSR count). The van der Waals surface area contributed by atoms with Crippen LogP contribution in [-0.2, 0) is 6.42 Å². The average Bonchev–Trinajstić information content (AvgIpc) is 2.82. The summed E-state index contributed by atoms with van der Waals surface area (Å²) in [6.07, 6.45) is 12.4. The van der Waals surface area contributed by atoms with E-state index >= 15 is 0 Å². The second-order valence-corrected chi connectivity index (χ2v) is 7.20. The van der Waals surface area contributed by atoms with Crippen molar-refractivity contribution in [2.75, 3.05) is 0 Å². The normalized spacial score (nSPS) is 31.0. The van der Waals surface area contributed by atoms with E-state index in [1.165, 1.54) is 42.5 Å². The second kappa shape index (κ2) is 5.23. The summed E-state index contributed by atoms with van der Waals surface area (Å²) < 4.78 is 0. The van der Waals surface area contributed by atoms with Gasteiger partial charge in [-0.25, -0.2) is 0 Å². The number of allylic oxidation sites excluding steroid dienone is 2. The summed E-state index contributed by atoms with van der Waals surface area (Å²) in [6.45, 7) is 0. The van der Waals surface area contributed by atoms with Crippen LogP contribution in [0, 0.1) is 11.8 Å². The van der Waals surface area contributed by atoms with Gasteiger partial charge in [-0.2, -0.15) is 0 Å². The predicted molar refractivity (Wildman–Crippen MR) is 94.2 cm³/mol. The summed E-state index contributed by atoms with van der Waals surface area (Å²) in [5.41, 5.74) is 7.74. The van der Waals surface area contributed by atoms with E-state index < -0.39 is 0 Å². The van der Waals surface area contributed by atoms with Crippen molar-refractivity contribution in [1.29, 1.82) is 0 Å². The number of fused-ring (bicyclic) bond motifs is 1. The SMILES string of the molecule is C1=CC2=C3CCC4=C2NC(CC3CC=N1)C4Cc1ccccc1. The maximum atomic E-state index is 4.42. The number of nitrogens with one attached hydrogen (secondary N) is 1. The lowest BCUT2D eigenvalue weighted by Crippen LogP contribution is -2.32. The van der Waals surface area contributed by atoms with Gasteiger partial charge in [0.05, 0.1) is 0 Å². The Morgan fingerprint density at radius 3 is 2.87 bits per heavy atom. The van der Waals surface area contributed by atoms with Gasteiger partial charge < -0.3 is 5.32 Å². The first-order valence-corrected chi connectivity index (χ1v) is 8.85. The van der Waals surface area contributed by atoms with E-state index in [-0.39, 0.29) is 0 Å². The largest absolute Gasteiger partial charge is 0.381 e. The molecule has 0 saturated heterocycles. The molecule has 5 bridgehead atoms. The zero-order valence-electron chi connectivity index (χ0n) is 13.3. The Bertz CT molecular complexity index is 751. The Hall–Kier alpha value is -2.09. The van der Waals surface area contributed by atoms with Gasteiger partial charge in [0.2, 0.25) is 0 Å². The second-order valence-electron chi connectivity index (χ2n) is 7.20. The zero-order valence-corrected chi connectivity index (χ0v) is 13.3. The first-order chi connectivity index (χ1) is 11.4. The van der Waals surface area contributed by atoms with Crippen molar-refractivity contribution in [2.24, 2.45) is 16.8 Å². The topological polar surface area (TPSA) is 24.4 Å². The highest BCUT2D eigenvalue weighted by Gasteiger charge is 2.42. The van der Waals surface area contributed by atoms with Crippen LogP contribution in [0.1, 0.15) is 31.2 Å². The van der Waals surface area contributed by atoms with E-state index in [9.17, 15) is 0 Å². The molecule has 0 amide bonds. The third kappa shape index (κ3) is 2.12. The van der Waals surface area contributed by atoms with Crippen LogP contribution in [0.4, 0.5) is 0 Å². The Kier molecular flexibility index (Phi) is 3.04. The van der Waals surface area contributed by atoms with Crippen molar-refractivity contribution in [1.82, 2.24) is 5.32 Å². The summed E-state index contributed by atoms with van der Waals surface area (Å²) in [5, 5.41) is 3.90. The van der Waals surface area contributed by atoms with Crippen molar-refractivity contribution in [3.05, 3.63) is 70.6 Å². The minimum absolute atomic E-state index is 0.595. The Morgan fingerprint density at radius 1 is 1.09 bits per heavy atom. The molecule has 0 aromatic heterocycles. The zero-order chi connectivity index (χ0) is 15.2. The number of nitrogens with zero attached hydrogens (tertiary/aromatic N) is 1. The van der Waals surface area contributed by atoms with Crippen molar-refractivity contribution in [3.8, 4) is 0 Å².